The van der Waals surface area contributed by atoms with Gasteiger partial charge in [0.05, 0.1) is 6.20 Å². The Morgan fingerprint density at radius 1 is 1.33 bits per heavy atom. The zero-order valence-electron chi connectivity index (χ0n) is 10.5. The molecule has 0 atom stereocenters. The highest BCUT2D eigenvalue weighted by atomic mass is 35.5. The third kappa shape index (κ3) is 2.08. The van der Waals surface area contributed by atoms with E-state index in [1.807, 2.05) is 0 Å². The summed E-state index contributed by atoms with van der Waals surface area (Å²) < 4.78 is 15.9. The van der Waals surface area contributed by atoms with Crippen LogP contribution >= 0.6 is 11.6 Å². The van der Waals surface area contributed by atoms with E-state index in [1.165, 1.54) is 13.8 Å². The van der Waals surface area contributed by atoms with Gasteiger partial charge >= 0.3 is 0 Å². The number of alkyl halides is 1. The summed E-state index contributed by atoms with van der Waals surface area (Å²) in [6.07, 6.45) is 1.62. The lowest BCUT2D eigenvalue weighted by Crippen LogP contribution is -2.12. The normalized spacial score (nSPS) is 11.8. The van der Waals surface area contributed by atoms with Gasteiger partial charge in [-0.05, 0) is 25.5 Å². The van der Waals surface area contributed by atoms with Gasteiger partial charge in [0.25, 0.3) is 0 Å². The fourth-order valence-electron chi connectivity index (χ4n) is 2.01. The van der Waals surface area contributed by atoms with E-state index < -0.39 is 5.67 Å². The second-order valence-corrected chi connectivity index (χ2v) is 5.11. The van der Waals surface area contributed by atoms with Crippen molar-refractivity contribution in [1.82, 2.24) is 9.78 Å². The molecule has 0 aliphatic rings. The molecule has 18 heavy (non-hydrogen) atoms. The molecule has 0 bridgehead atoms. The Bertz CT molecular complexity index is 584. The summed E-state index contributed by atoms with van der Waals surface area (Å²) in [6.45, 7) is 2.95. The largest absolute Gasteiger partial charge is 0.383 e. The Hall–Kier alpha value is -1.55. The molecule has 0 fully saturated rings. The molecule has 0 saturated heterocycles. The highest BCUT2D eigenvalue weighted by Crippen LogP contribution is 2.40. The van der Waals surface area contributed by atoms with Crippen LogP contribution in [0.2, 0.25) is 5.02 Å². The van der Waals surface area contributed by atoms with Crippen molar-refractivity contribution >= 4 is 17.4 Å². The highest BCUT2D eigenvalue weighted by molar-refractivity contribution is 6.32. The molecule has 2 N–H and O–H groups in total. The Morgan fingerprint density at radius 3 is 2.50 bits per heavy atom. The van der Waals surface area contributed by atoms with Crippen molar-refractivity contribution in [1.29, 1.82) is 0 Å². The van der Waals surface area contributed by atoms with Crippen LogP contribution in [0.4, 0.5) is 10.2 Å². The van der Waals surface area contributed by atoms with Gasteiger partial charge < -0.3 is 5.73 Å². The van der Waals surface area contributed by atoms with Crippen molar-refractivity contribution in [3.63, 3.8) is 0 Å². The first-order valence-corrected chi connectivity index (χ1v) is 5.96. The number of nitrogens with zero attached hydrogens (tertiary/aromatic N) is 2. The molecular weight excluding hydrogens is 253 g/mol. The number of hydrogen-bond donors (Lipinski definition) is 1. The van der Waals surface area contributed by atoms with Gasteiger partial charge in [-0.3, -0.25) is 4.68 Å². The minimum Gasteiger partial charge on any atom is -0.383 e. The molecule has 0 spiro atoms. The van der Waals surface area contributed by atoms with Crippen LogP contribution in [-0.2, 0) is 12.7 Å². The van der Waals surface area contributed by atoms with Crippen LogP contribution in [0.3, 0.4) is 0 Å². The van der Waals surface area contributed by atoms with Crippen molar-refractivity contribution in [3.8, 4) is 11.1 Å². The maximum Gasteiger partial charge on any atom is 0.132 e. The van der Waals surface area contributed by atoms with Gasteiger partial charge in [0.1, 0.15) is 11.5 Å². The molecule has 0 unspecified atom stereocenters. The molecule has 1 heterocycles. The number of aromatic nitrogens is 2. The minimum absolute atomic E-state index is 0.392. The number of hydrogen-bond acceptors (Lipinski definition) is 2. The van der Waals surface area contributed by atoms with Gasteiger partial charge in [-0.1, -0.05) is 23.7 Å². The lowest BCUT2D eigenvalue weighted by atomic mass is 9.91. The number of aryl methyl sites for hydroxylation is 1. The molecular formula is C13H15ClFN3. The maximum absolute atomic E-state index is 14.3. The molecule has 0 aliphatic heterocycles. The van der Waals surface area contributed by atoms with Gasteiger partial charge in [-0.2, -0.15) is 5.10 Å². The van der Waals surface area contributed by atoms with Crippen molar-refractivity contribution in [2.75, 3.05) is 5.73 Å². The van der Waals surface area contributed by atoms with Gasteiger partial charge in [0.15, 0.2) is 0 Å². The van der Waals surface area contributed by atoms with Crippen molar-refractivity contribution in [3.05, 3.63) is 35.0 Å². The SMILES string of the molecule is Cn1ncc(-c2cccc(Cl)c2C(C)(C)F)c1N. The Labute approximate surface area is 110 Å². The number of nitrogens with two attached hydrogens (primary N) is 1. The average molecular weight is 268 g/mol. The summed E-state index contributed by atoms with van der Waals surface area (Å²) in [5, 5.41) is 4.46. The summed E-state index contributed by atoms with van der Waals surface area (Å²) in [5.41, 5.74) is 6.20. The molecule has 0 aliphatic carbocycles. The smallest absolute Gasteiger partial charge is 0.132 e. The lowest BCUT2D eigenvalue weighted by molar-refractivity contribution is 0.222. The first-order chi connectivity index (χ1) is 8.32. The predicted octanol–water partition coefficient (Wildman–Crippen LogP) is 3.53. The summed E-state index contributed by atoms with van der Waals surface area (Å²) in [4.78, 5) is 0. The maximum atomic E-state index is 14.3. The Kier molecular flexibility index (Phi) is 3.07. The third-order valence-corrected chi connectivity index (χ3v) is 3.20. The average Bonchev–Trinajstić information content (AvgIpc) is 2.57. The summed E-state index contributed by atoms with van der Waals surface area (Å²) in [6, 6.07) is 5.25. The van der Waals surface area contributed by atoms with Gasteiger partial charge in [-0.15, -0.1) is 0 Å². The monoisotopic (exact) mass is 267 g/mol. The van der Waals surface area contributed by atoms with E-state index in [0.717, 1.165) is 0 Å². The first-order valence-electron chi connectivity index (χ1n) is 5.58. The fraction of sp³-hybridized carbons (Fsp3) is 0.308. The van der Waals surface area contributed by atoms with E-state index in [1.54, 1.807) is 36.1 Å². The standard InChI is InChI=1S/C13H15ClFN3/c1-13(2,15)11-8(5-4-6-10(11)14)9-7-17-18(3)12(9)16/h4-7H,16H2,1-3H3. The van der Waals surface area contributed by atoms with E-state index in [9.17, 15) is 4.39 Å². The second kappa shape index (κ2) is 4.28. The van der Waals surface area contributed by atoms with Crippen LogP contribution in [0, 0.1) is 0 Å². The van der Waals surface area contributed by atoms with Crippen LogP contribution in [0.5, 0.6) is 0 Å². The molecule has 0 saturated carbocycles. The molecule has 5 heteroatoms. The van der Waals surface area contributed by atoms with Crippen molar-refractivity contribution in [2.24, 2.45) is 7.05 Å². The van der Waals surface area contributed by atoms with Crippen LogP contribution in [0.1, 0.15) is 19.4 Å². The summed E-state index contributed by atoms with van der Waals surface area (Å²) in [7, 11) is 1.74. The second-order valence-electron chi connectivity index (χ2n) is 4.70. The van der Waals surface area contributed by atoms with Crippen LogP contribution in [0.15, 0.2) is 24.4 Å². The van der Waals surface area contributed by atoms with Crippen LogP contribution in [0.25, 0.3) is 11.1 Å². The van der Waals surface area contributed by atoms with Crippen molar-refractivity contribution in [2.45, 2.75) is 19.5 Å². The molecule has 1 aromatic carbocycles. The van der Waals surface area contributed by atoms with Crippen LogP contribution in [-0.4, -0.2) is 9.78 Å². The van der Waals surface area contributed by atoms with E-state index in [4.69, 9.17) is 17.3 Å². The number of halogens is 2. The zero-order valence-corrected chi connectivity index (χ0v) is 11.3. The highest BCUT2D eigenvalue weighted by Gasteiger charge is 2.27. The lowest BCUT2D eigenvalue weighted by Gasteiger charge is -2.20. The van der Waals surface area contributed by atoms with E-state index in [0.29, 0.717) is 27.5 Å². The number of anilines is 1. The van der Waals surface area contributed by atoms with E-state index in [2.05, 4.69) is 5.10 Å². The fourth-order valence-corrected chi connectivity index (χ4v) is 2.41. The predicted molar refractivity (Wildman–Crippen MR) is 72.2 cm³/mol. The number of benzene rings is 1. The van der Waals surface area contributed by atoms with Gasteiger partial charge in [0.2, 0.25) is 0 Å². The molecule has 0 radical (unpaired) electrons. The van der Waals surface area contributed by atoms with E-state index in [-0.39, 0.29) is 0 Å². The van der Waals surface area contributed by atoms with Gasteiger partial charge in [-0.25, -0.2) is 4.39 Å². The molecule has 0 amide bonds. The number of nitrogen functional groups attached to an aromatic ring is 1. The zero-order chi connectivity index (χ0) is 13.5. The molecule has 2 rings (SSSR count). The molecule has 2 aromatic rings. The quantitative estimate of drug-likeness (QED) is 0.905. The van der Waals surface area contributed by atoms with Crippen LogP contribution < -0.4 is 5.73 Å². The summed E-state index contributed by atoms with van der Waals surface area (Å²) >= 11 is 6.12. The molecule has 96 valence electrons. The van der Waals surface area contributed by atoms with E-state index >= 15 is 0 Å². The van der Waals surface area contributed by atoms with Gasteiger partial charge in [0, 0.05) is 23.2 Å². The third-order valence-electron chi connectivity index (χ3n) is 2.88. The Morgan fingerprint density at radius 2 is 2.00 bits per heavy atom. The summed E-state index contributed by atoms with van der Waals surface area (Å²) in [5.74, 6) is 0.489. The minimum atomic E-state index is -1.55. The molecule has 1 aromatic heterocycles. The first kappa shape index (κ1) is 12.9. The Balaban J connectivity index is 2.73. The topological polar surface area (TPSA) is 43.8 Å². The van der Waals surface area contributed by atoms with Crippen molar-refractivity contribution < 1.29 is 4.39 Å². The number of rotatable bonds is 2. The molecule has 3 nitrogen and oxygen atoms in total.